The van der Waals surface area contributed by atoms with Crippen molar-refractivity contribution in [1.82, 2.24) is 20.0 Å². The Kier molecular flexibility index (Phi) is 6.34. The molecule has 9 heteroatoms. The largest absolute Gasteiger partial charge is 0.349 e. The van der Waals surface area contributed by atoms with Gasteiger partial charge < -0.3 is 10.2 Å². The van der Waals surface area contributed by atoms with Crippen LogP contribution in [0.15, 0.2) is 54.6 Å². The Morgan fingerprint density at radius 1 is 1.03 bits per heavy atom. The third kappa shape index (κ3) is 4.95. The lowest BCUT2D eigenvalue weighted by atomic mass is 10.0. The number of fused-ring (bicyclic) bond motifs is 1. The quantitative estimate of drug-likeness (QED) is 0.435. The summed E-state index contributed by atoms with van der Waals surface area (Å²) in [6, 6.07) is 13.6. The van der Waals surface area contributed by atoms with Gasteiger partial charge in [-0.1, -0.05) is 12.1 Å². The lowest BCUT2D eigenvalue weighted by molar-refractivity contribution is 0.0703. The number of piperidine rings is 1. The Balaban J connectivity index is 1.23. The number of benzene rings is 2. The van der Waals surface area contributed by atoms with Crippen molar-refractivity contribution in [3.63, 3.8) is 0 Å². The first-order chi connectivity index (χ1) is 16.9. The Labute approximate surface area is 205 Å². The maximum atomic E-state index is 13.2. The minimum atomic E-state index is -0.382. The summed E-state index contributed by atoms with van der Waals surface area (Å²) < 4.78 is 28.2. The molecular weight excluding hydrogens is 470 g/mol. The third-order valence-electron chi connectivity index (χ3n) is 6.29. The van der Waals surface area contributed by atoms with Crippen LogP contribution in [-0.4, -0.2) is 45.6 Å². The summed E-state index contributed by atoms with van der Waals surface area (Å²) in [7, 11) is 0. The summed E-state index contributed by atoms with van der Waals surface area (Å²) in [6.07, 6.45) is 1.31. The van der Waals surface area contributed by atoms with Crippen molar-refractivity contribution in [2.45, 2.75) is 32.4 Å². The van der Waals surface area contributed by atoms with Gasteiger partial charge in [0.1, 0.15) is 16.5 Å². The Hall–Kier alpha value is -3.59. The summed E-state index contributed by atoms with van der Waals surface area (Å²) in [5.74, 6) is -0.922. The Morgan fingerprint density at radius 2 is 1.66 bits per heavy atom. The van der Waals surface area contributed by atoms with E-state index in [2.05, 4.69) is 10.4 Å². The highest BCUT2D eigenvalue weighted by atomic mass is 32.1. The van der Waals surface area contributed by atoms with Crippen molar-refractivity contribution < 1.29 is 18.4 Å². The Bertz CT molecular complexity index is 1370. The lowest BCUT2D eigenvalue weighted by Gasteiger charge is -2.32. The molecule has 0 atom stereocenters. The molecule has 2 aromatic heterocycles. The first-order valence-corrected chi connectivity index (χ1v) is 12.3. The van der Waals surface area contributed by atoms with Crippen molar-refractivity contribution in [2.24, 2.45) is 0 Å². The van der Waals surface area contributed by atoms with Gasteiger partial charge in [-0.3, -0.25) is 14.3 Å². The molecule has 4 aromatic rings. The number of nitrogens with one attached hydrogen (secondary N) is 1. The molecule has 1 fully saturated rings. The number of amides is 2. The number of aromatic nitrogens is 2. The zero-order valence-corrected chi connectivity index (χ0v) is 19.9. The van der Waals surface area contributed by atoms with Crippen molar-refractivity contribution >= 4 is 33.4 Å². The molecule has 0 spiro atoms. The zero-order chi connectivity index (χ0) is 24.5. The molecule has 0 aliphatic carbocycles. The van der Waals surface area contributed by atoms with Crippen molar-refractivity contribution in [2.75, 3.05) is 13.1 Å². The molecule has 3 heterocycles. The number of rotatable bonds is 5. The number of aryl methyl sites for hydroxylation is 1. The number of nitrogens with zero attached hydrogens (tertiary/aromatic N) is 3. The first kappa shape index (κ1) is 23.2. The number of hydrogen-bond donors (Lipinski definition) is 1. The molecule has 0 unspecified atom stereocenters. The van der Waals surface area contributed by atoms with Gasteiger partial charge in [0.15, 0.2) is 0 Å². The predicted octanol–water partition coefficient (Wildman–Crippen LogP) is 4.77. The van der Waals surface area contributed by atoms with E-state index in [1.807, 2.05) is 22.6 Å². The van der Waals surface area contributed by atoms with Crippen LogP contribution >= 0.6 is 11.3 Å². The second-order valence-corrected chi connectivity index (χ2v) is 9.78. The highest BCUT2D eigenvalue weighted by Crippen LogP contribution is 2.30. The van der Waals surface area contributed by atoms with Crippen LogP contribution in [0.5, 0.6) is 0 Å². The van der Waals surface area contributed by atoms with Crippen LogP contribution < -0.4 is 5.32 Å². The molecule has 180 valence electrons. The minimum Gasteiger partial charge on any atom is -0.349 e. The van der Waals surface area contributed by atoms with Crippen LogP contribution in [0.4, 0.5) is 8.78 Å². The second-order valence-electron chi connectivity index (χ2n) is 8.75. The van der Waals surface area contributed by atoms with Gasteiger partial charge in [0.05, 0.1) is 17.1 Å². The standard InChI is InChI=1S/C26H24F2N4O2S/c1-16-22-14-23(35-26(22)32(30-16)15-17-2-6-19(27)7-3-17)25(34)31-12-10-21(11-13-31)29-24(33)18-4-8-20(28)9-5-18/h2-9,14,21H,10-13,15H2,1H3,(H,29,33). The van der Waals surface area contributed by atoms with E-state index in [0.29, 0.717) is 42.9 Å². The first-order valence-electron chi connectivity index (χ1n) is 11.4. The molecule has 35 heavy (non-hydrogen) atoms. The third-order valence-corrected chi connectivity index (χ3v) is 7.42. The predicted molar refractivity (Wildman–Crippen MR) is 131 cm³/mol. The van der Waals surface area contributed by atoms with Gasteiger partial charge in [-0.15, -0.1) is 11.3 Å². The van der Waals surface area contributed by atoms with Gasteiger partial charge >= 0.3 is 0 Å². The number of halogens is 2. The van der Waals surface area contributed by atoms with Gasteiger partial charge in [0.2, 0.25) is 0 Å². The van der Waals surface area contributed by atoms with Crippen LogP contribution in [0.25, 0.3) is 10.2 Å². The number of likely N-dealkylation sites (tertiary alicyclic amines) is 1. The highest BCUT2D eigenvalue weighted by Gasteiger charge is 2.27. The van der Waals surface area contributed by atoms with Crippen molar-refractivity contribution in [3.8, 4) is 0 Å². The zero-order valence-electron chi connectivity index (χ0n) is 19.1. The van der Waals surface area contributed by atoms with Crippen molar-refractivity contribution in [3.05, 3.63) is 87.9 Å². The fourth-order valence-corrected chi connectivity index (χ4v) is 5.47. The van der Waals surface area contributed by atoms with E-state index in [0.717, 1.165) is 21.5 Å². The van der Waals surface area contributed by atoms with Crippen LogP contribution in [0, 0.1) is 18.6 Å². The summed E-state index contributed by atoms with van der Waals surface area (Å²) in [6.45, 7) is 3.50. The molecule has 1 aliphatic heterocycles. The number of thiophene rings is 1. The maximum absolute atomic E-state index is 13.2. The number of carbonyl (C=O) groups excluding carboxylic acids is 2. The van der Waals surface area contributed by atoms with Gasteiger partial charge in [-0.25, -0.2) is 8.78 Å². The van der Waals surface area contributed by atoms with E-state index in [1.54, 1.807) is 12.1 Å². The lowest BCUT2D eigenvalue weighted by Crippen LogP contribution is -2.46. The summed E-state index contributed by atoms with van der Waals surface area (Å²) in [5.41, 5.74) is 2.20. The summed E-state index contributed by atoms with van der Waals surface area (Å²) >= 11 is 1.41. The topological polar surface area (TPSA) is 67.2 Å². The van der Waals surface area contributed by atoms with Crippen molar-refractivity contribution in [1.29, 1.82) is 0 Å². The Morgan fingerprint density at radius 3 is 2.31 bits per heavy atom. The highest BCUT2D eigenvalue weighted by molar-refractivity contribution is 7.20. The molecule has 2 aromatic carbocycles. The second kappa shape index (κ2) is 9.58. The molecule has 0 radical (unpaired) electrons. The average molecular weight is 495 g/mol. The van der Waals surface area contributed by atoms with Gasteiger partial charge in [-0.05, 0) is 67.8 Å². The van der Waals surface area contributed by atoms with Crippen LogP contribution in [-0.2, 0) is 6.54 Å². The fraction of sp³-hybridized carbons (Fsp3) is 0.269. The maximum Gasteiger partial charge on any atom is 0.264 e. The number of hydrogen-bond acceptors (Lipinski definition) is 4. The molecule has 6 nitrogen and oxygen atoms in total. The molecule has 1 saturated heterocycles. The van der Waals surface area contributed by atoms with Crippen LogP contribution in [0.3, 0.4) is 0 Å². The number of carbonyl (C=O) groups is 2. The van der Waals surface area contributed by atoms with Crippen LogP contribution in [0.1, 0.15) is 44.1 Å². The molecular formula is C26H24F2N4O2S. The molecule has 1 N–H and O–H groups in total. The van der Waals surface area contributed by atoms with E-state index >= 15 is 0 Å². The van der Waals surface area contributed by atoms with E-state index in [-0.39, 0.29) is 29.5 Å². The van der Waals surface area contributed by atoms with Gasteiger partial charge in [0.25, 0.3) is 11.8 Å². The normalized spacial score (nSPS) is 14.4. The molecule has 0 saturated carbocycles. The molecule has 1 aliphatic rings. The molecule has 5 rings (SSSR count). The van der Waals surface area contributed by atoms with E-state index < -0.39 is 0 Å². The minimum absolute atomic E-state index is 0.0257. The van der Waals surface area contributed by atoms with Crippen LogP contribution in [0.2, 0.25) is 0 Å². The van der Waals surface area contributed by atoms with E-state index in [1.165, 1.54) is 47.7 Å². The summed E-state index contributed by atoms with van der Waals surface area (Å²) in [5, 5.41) is 8.52. The monoisotopic (exact) mass is 494 g/mol. The van der Waals surface area contributed by atoms with Gasteiger partial charge in [0, 0.05) is 30.1 Å². The average Bonchev–Trinajstić information content (AvgIpc) is 3.42. The SMILES string of the molecule is Cc1nn(Cc2ccc(F)cc2)c2sc(C(=O)N3CCC(NC(=O)c4ccc(F)cc4)CC3)cc12. The smallest absolute Gasteiger partial charge is 0.264 e. The van der Waals surface area contributed by atoms with E-state index in [9.17, 15) is 18.4 Å². The summed E-state index contributed by atoms with van der Waals surface area (Å²) in [4.78, 5) is 29.0. The molecule has 0 bridgehead atoms. The molecule has 2 amide bonds. The fourth-order valence-electron chi connectivity index (χ4n) is 4.34. The van der Waals surface area contributed by atoms with E-state index in [4.69, 9.17) is 0 Å². The van der Waals surface area contributed by atoms with Gasteiger partial charge in [-0.2, -0.15) is 5.10 Å².